The third-order valence-corrected chi connectivity index (χ3v) is 3.99. The molecule has 0 amide bonds. The lowest BCUT2D eigenvalue weighted by atomic mass is 9.78. The van der Waals surface area contributed by atoms with E-state index in [4.69, 9.17) is 4.74 Å². The van der Waals surface area contributed by atoms with Crippen LogP contribution >= 0.6 is 0 Å². The van der Waals surface area contributed by atoms with Crippen LogP contribution in [0.15, 0.2) is 24.3 Å². The lowest BCUT2D eigenvalue weighted by Crippen LogP contribution is -2.37. The van der Waals surface area contributed by atoms with Gasteiger partial charge in [0, 0.05) is 6.04 Å². The Kier molecular flexibility index (Phi) is 4.43. The Morgan fingerprint density at radius 3 is 2.47 bits per heavy atom. The fourth-order valence-electron chi connectivity index (χ4n) is 2.57. The molecule has 0 aromatic heterocycles. The molecule has 1 N–H and O–H groups in total. The van der Waals surface area contributed by atoms with E-state index >= 15 is 0 Å². The standard InChI is InChI=1S/C15H23NO/c1-16-15(13-4-3-5-13)11-8-12-6-9-14(17-2)10-7-12/h6-7,9-10,13,15-16H,3-5,8,11H2,1-2H3. The maximum absolute atomic E-state index is 5.17. The summed E-state index contributed by atoms with van der Waals surface area (Å²) >= 11 is 0. The van der Waals surface area contributed by atoms with Crippen molar-refractivity contribution < 1.29 is 4.74 Å². The Morgan fingerprint density at radius 1 is 1.29 bits per heavy atom. The highest BCUT2D eigenvalue weighted by Crippen LogP contribution is 2.31. The van der Waals surface area contributed by atoms with Gasteiger partial charge in [-0.2, -0.15) is 0 Å². The van der Waals surface area contributed by atoms with Crippen molar-refractivity contribution >= 4 is 0 Å². The van der Waals surface area contributed by atoms with Gasteiger partial charge in [0.1, 0.15) is 5.75 Å². The highest BCUT2D eigenvalue weighted by molar-refractivity contribution is 5.27. The molecule has 0 radical (unpaired) electrons. The van der Waals surface area contributed by atoms with Crippen LogP contribution in [0.4, 0.5) is 0 Å². The van der Waals surface area contributed by atoms with E-state index in [0.717, 1.165) is 18.1 Å². The van der Waals surface area contributed by atoms with Crippen molar-refractivity contribution in [1.29, 1.82) is 0 Å². The number of ether oxygens (including phenoxy) is 1. The molecule has 1 aromatic carbocycles. The minimum atomic E-state index is 0.700. The predicted octanol–water partition coefficient (Wildman–Crippen LogP) is 3.02. The zero-order valence-electron chi connectivity index (χ0n) is 10.9. The molecule has 17 heavy (non-hydrogen) atoms. The molecular formula is C15H23NO. The number of methoxy groups -OCH3 is 1. The molecule has 1 unspecified atom stereocenters. The molecule has 2 rings (SSSR count). The van der Waals surface area contributed by atoms with Gasteiger partial charge in [-0.05, 0) is 56.3 Å². The van der Waals surface area contributed by atoms with E-state index in [1.54, 1.807) is 7.11 Å². The average molecular weight is 233 g/mol. The first-order chi connectivity index (χ1) is 8.33. The highest BCUT2D eigenvalue weighted by Gasteiger charge is 2.25. The van der Waals surface area contributed by atoms with Crippen LogP contribution in [0, 0.1) is 5.92 Å². The van der Waals surface area contributed by atoms with Crippen LogP contribution in [0.3, 0.4) is 0 Å². The lowest BCUT2D eigenvalue weighted by molar-refractivity contribution is 0.228. The summed E-state index contributed by atoms with van der Waals surface area (Å²) in [6.45, 7) is 0. The number of nitrogens with one attached hydrogen (secondary N) is 1. The smallest absolute Gasteiger partial charge is 0.118 e. The summed E-state index contributed by atoms with van der Waals surface area (Å²) in [5.41, 5.74) is 1.41. The molecule has 1 aliphatic carbocycles. The van der Waals surface area contributed by atoms with Crippen LogP contribution in [-0.2, 0) is 6.42 Å². The van der Waals surface area contributed by atoms with E-state index in [2.05, 4.69) is 24.5 Å². The molecule has 1 aromatic rings. The number of rotatable bonds is 6. The first-order valence-electron chi connectivity index (χ1n) is 6.63. The Balaban J connectivity index is 1.82. The Hall–Kier alpha value is -1.02. The largest absolute Gasteiger partial charge is 0.497 e. The summed E-state index contributed by atoms with van der Waals surface area (Å²) in [4.78, 5) is 0. The second-order valence-electron chi connectivity index (χ2n) is 4.97. The van der Waals surface area contributed by atoms with Crippen molar-refractivity contribution in [3.63, 3.8) is 0 Å². The predicted molar refractivity (Wildman–Crippen MR) is 71.5 cm³/mol. The zero-order valence-corrected chi connectivity index (χ0v) is 10.9. The molecule has 2 heteroatoms. The molecule has 1 aliphatic rings. The molecule has 0 aliphatic heterocycles. The summed E-state index contributed by atoms with van der Waals surface area (Å²) in [5.74, 6) is 1.86. The molecule has 94 valence electrons. The Labute approximate surface area is 104 Å². The van der Waals surface area contributed by atoms with E-state index in [1.165, 1.54) is 31.2 Å². The first kappa shape index (κ1) is 12.4. The third kappa shape index (κ3) is 3.22. The highest BCUT2D eigenvalue weighted by atomic mass is 16.5. The van der Waals surface area contributed by atoms with E-state index in [0.29, 0.717) is 6.04 Å². The monoisotopic (exact) mass is 233 g/mol. The number of benzene rings is 1. The van der Waals surface area contributed by atoms with Gasteiger partial charge in [-0.1, -0.05) is 18.6 Å². The van der Waals surface area contributed by atoms with Gasteiger partial charge < -0.3 is 10.1 Å². The molecule has 1 atom stereocenters. The van der Waals surface area contributed by atoms with E-state index in [9.17, 15) is 0 Å². The van der Waals surface area contributed by atoms with Gasteiger partial charge in [0.2, 0.25) is 0 Å². The Morgan fingerprint density at radius 2 is 2.00 bits per heavy atom. The first-order valence-corrected chi connectivity index (χ1v) is 6.63. The van der Waals surface area contributed by atoms with Gasteiger partial charge in [-0.15, -0.1) is 0 Å². The van der Waals surface area contributed by atoms with Crippen LogP contribution in [0.5, 0.6) is 5.75 Å². The number of hydrogen-bond donors (Lipinski definition) is 1. The van der Waals surface area contributed by atoms with E-state index in [1.807, 2.05) is 12.1 Å². The number of aryl methyl sites for hydroxylation is 1. The summed E-state index contributed by atoms with van der Waals surface area (Å²) in [7, 11) is 3.81. The van der Waals surface area contributed by atoms with Crippen molar-refractivity contribution in [2.75, 3.05) is 14.2 Å². The van der Waals surface area contributed by atoms with Crippen LogP contribution in [0.1, 0.15) is 31.2 Å². The van der Waals surface area contributed by atoms with Crippen LogP contribution in [-0.4, -0.2) is 20.2 Å². The minimum Gasteiger partial charge on any atom is -0.497 e. The van der Waals surface area contributed by atoms with Gasteiger partial charge >= 0.3 is 0 Å². The molecule has 0 bridgehead atoms. The summed E-state index contributed by atoms with van der Waals surface area (Å²) in [5, 5.41) is 3.47. The van der Waals surface area contributed by atoms with Crippen molar-refractivity contribution in [1.82, 2.24) is 5.32 Å². The second-order valence-corrected chi connectivity index (χ2v) is 4.97. The van der Waals surface area contributed by atoms with Gasteiger partial charge in [0.05, 0.1) is 7.11 Å². The second kappa shape index (κ2) is 6.06. The SMILES string of the molecule is CNC(CCc1ccc(OC)cc1)C1CCC1. The van der Waals surface area contributed by atoms with Gasteiger partial charge in [0.15, 0.2) is 0 Å². The van der Waals surface area contributed by atoms with Gasteiger partial charge in [-0.3, -0.25) is 0 Å². The quantitative estimate of drug-likeness (QED) is 0.815. The molecule has 0 spiro atoms. The van der Waals surface area contributed by atoms with Crippen molar-refractivity contribution in [2.24, 2.45) is 5.92 Å². The van der Waals surface area contributed by atoms with Crippen molar-refractivity contribution in [3.8, 4) is 5.75 Å². The fraction of sp³-hybridized carbons (Fsp3) is 0.600. The summed E-state index contributed by atoms with van der Waals surface area (Å²) in [6.07, 6.45) is 6.65. The third-order valence-electron chi connectivity index (χ3n) is 3.99. The molecule has 1 saturated carbocycles. The van der Waals surface area contributed by atoms with Crippen LogP contribution < -0.4 is 10.1 Å². The van der Waals surface area contributed by atoms with E-state index in [-0.39, 0.29) is 0 Å². The van der Waals surface area contributed by atoms with Gasteiger partial charge in [-0.25, -0.2) is 0 Å². The maximum atomic E-state index is 5.17. The van der Waals surface area contributed by atoms with Crippen LogP contribution in [0.25, 0.3) is 0 Å². The number of hydrogen-bond acceptors (Lipinski definition) is 2. The molecular weight excluding hydrogens is 210 g/mol. The van der Waals surface area contributed by atoms with Crippen LogP contribution in [0.2, 0.25) is 0 Å². The molecule has 0 saturated heterocycles. The molecule has 1 fully saturated rings. The van der Waals surface area contributed by atoms with E-state index < -0.39 is 0 Å². The van der Waals surface area contributed by atoms with Gasteiger partial charge in [0.25, 0.3) is 0 Å². The summed E-state index contributed by atoms with van der Waals surface area (Å²) in [6, 6.07) is 9.14. The minimum absolute atomic E-state index is 0.700. The Bertz CT molecular complexity index is 329. The van der Waals surface area contributed by atoms with Crippen molar-refractivity contribution in [3.05, 3.63) is 29.8 Å². The maximum Gasteiger partial charge on any atom is 0.118 e. The van der Waals surface area contributed by atoms with Crippen molar-refractivity contribution in [2.45, 2.75) is 38.1 Å². The summed E-state index contributed by atoms with van der Waals surface area (Å²) < 4.78 is 5.17. The fourth-order valence-corrected chi connectivity index (χ4v) is 2.57. The average Bonchev–Trinajstić information content (AvgIpc) is 2.32. The molecule has 0 heterocycles. The zero-order chi connectivity index (χ0) is 12.1. The molecule has 2 nitrogen and oxygen atoms in total. The lowest BCUT2D eigenvalue weighted by Gasteiger charge is -2.33. The normalized spacial score (nSPS) is 17.5. The topological polar surface area (TPSA) is 21.3 Å².